The van der Waals surface area contributed by atoms with Crippen molar-refractivity contribution in [3.63, 3.8) is 0 Å². The molecule has 0 saturated heterocycles. The van der Waals surface area contributed by atoms with Crippen LogP contribution < -0.4 is 0 Å². The van der Waals surface area contributed by atoms with Crippen LogP contribution in [0.2, 0.25) is 0 Å². The van der Waals surface area contributed by atoms with Gasteiger partial charge in [0, 0.05) is 11.6 Å². The maximum absolute atomic E-state index is 13.3. The zero-order chi connectivity index (χ0) is 21.6. The van der Waals surface area contributed by atoms with Gasteiger partial charge in [-0.15, -0.1) is 0 Å². The lowest BCUT2D eigenvalue weighted by molar-refractivity contribution is -0.436. The highest BCUT2D eigenvalue weighted by Crippen LogP contribution is 2.60. The van der Waals surface area contributed by atoms with Crippen molar-refractivity contribution in [3.05, 3.63) is 11.6 Å². The Balaban J connectivity index is 6.46. The topological polar surface area (TPSA) is 37.3 Å². The zero-order valence-corrected chi connectivity index (χ0v) is 12.1. The van der Waals surface area contributed by atoms with Gasteiger partial charge in [0.25, 0.3) is 0 Å². The van der Waals surface area contributed by atoms with E-state index in [1.807, 2.05) is 0 Å². The van der Waals surface area contributed by atoms with E-state index in [0.717, 1.165) is 6.92 Å². The van der Waals surface area contributed by atoms with E-state index in [2.05, 4.69) is 0 Å². The van der Waals surface area contributed by atoms with Crippen LogP contribution in [0.5, 0.6) is 0 Å². The maximum atomic E-state index is 13.3. The Kier molecular flexibility index (Phi) is 6.05. The Labute approximate surface area is 135 Å². The highest BCUT2D eigenvalue weighted by molar-refractivity contribution is 5.86. The number of aliphatic carboxylic acids is 1. The smallest absolute Gasteiger partial charge is 0.460 e. The van der Waals surface area contributed by atoms with E-state index in [1.165, 1.54) is 0 Å². The first kappa shape index (κ1) is 24.3. The molecular formula is C11H7F13O2. The van der Waals surface area contributed by atoms with Crippen molar-refractivity contribution in [3.8, 4) is 0 Å². The third-order valence-electron chi connectivity index (χ3n) is 2.97. The molecule has 0 spiro atoms. The summed E-state index contributed by atoms with van der Waals surface area (Å²) in [4.78, 5) is 10.4. The molecule has 0 aliphatic carbocycles. The van der Waals surface area contributed by atoms with Gasteiger partial charge in [-0.05, 0) is 6.42 Å². The number of carbonyl (C=O) groups is 1. The van der Waals surface area contributed by atoms with Crippen LogP contribution in [-0.2, 0) is 4.79 Å². The molecule has 0 unspecified atom stereocenters. The van der Waals surface area contributed by atoms with Gasteiger partial charge in [-0.2, -0.15) is 57.1 Å². The largest absolute Gasteiger partial charge is 0.478 e. The second-order valence-corrected chi connectivity index (χ2v) is 4.75. The van der Waals surface area contributed by atoms with Crippen LogP contribution in [0, 0.1) is 0 Å². The van der Waals surface area contributed by atoms with Gasteiger partial charge in [0.2, 0.25) is 0 Å². The average molecular weight is 418 g/mol. The molecule has 1 N–H and O–H groups in total. The number of hydrogen-bond donors (Lipinski definition) is 1. The van der Waals surface area contributed by atoms with E-state index in [0.29, 0.717) is 0 Å². The average Bonchev–Trinajstić information content (AvgIpc) is 2.42. The number of carboxylic acids is 1. The van der Waals surface area contributed by atoms with Gasteiger partial charge in [-0.25, -0.2) is 4.79 Å². The van der Waals surface area contributed by atoms with Crippen molar-refractivity contribution < 1.29 is 67.0 Å². The molecule has 0 aromatic heterocycles. The Morgan fingerprint density at radius 3 is 1.35 bits per heavy atom. The summed E-state index contributed by atoms with van der Waals surface area (Å²) in [5, 5.41) is 8.35. The van der Waals surface area contributed by atoms with Gasteiger partial charge in [0.15, 0.2) is 0 Å². The summed E-state index contributed by atoms with van der Waals surface area (Å²) < 4.78 is 166. The Morgan fingerprint density at radius 2 is 1.08 bits per heavy atom. The summed E-state index contributed by atoms with van der Waals surface area (Å²) in [6, 6.07) is 0. The molecule has 0 saturated carbocycles. The fourth-order valence-corrected chi connectivity index (χ4v) is 1.41. The molecular weight excluding hydrogens is 411 g/mol. The predicted octanol–water partition coefficient (Wildman–Crippen LogP) is 5.15. The van der Waals surface area contributed by atoms with Crippen LogP contribution in [-0.4, -0.2) is 46.9 Å². The second-order valence-electron chi connectivity index (χ2n) is 4.75. The minimum atomic E-state index is -8.01. The summed E-state index contributed by atoms with van der Waals surface area (Å²) in [6.07, 6.45) is -9.94. The molecule has 0 heterocycles. The van der Waals surface area contributed by atoms with Gasteiger partial charge in [0.1, 0.15) is 0 Å². The normalized spacial score (nSPS) is 16.0. The molecule has 0 fully saturated rings. The fourth-order valence-electron chi connectivity index (χ4n) is 1.41. The summed E-state index contributed by atoms with van der Waals surface area (Å²) in [5.74, 6) is -40.2. The van der Waals surface area contributed by atoms with E-state index < -0.39 is 59.8 Å². The number of rotatable bonds is 7. The molecule has 0 bridgehead atoms. The highest BCUT2D eigenvalue weighted by Gasteiger charge is 2.90. The van der Waals surface area contributed by atoms with Gasteiger partial charge in [-0.1, -0.05) is 6.92 Å². The van der Waals surface area contributed by atoms with Gasteiger partial charge < -0.3 is 5.11 Å². The molecule has 0 radical (unpaired) electrons. The van der Waals surface area contributed by atoms with Crippen molar-refractivity contribution >= 4 is 5.97 Å². The van der Waals surface area contributed by atoms with Crippen LogP contribution >= 0.6 is 0 Å². The SMILES string of the molecule is CCC(=CC(F)(F)C(F)(F)C(F)(F)C(F)(F)C(F)(F)C(F)(F)F)C(=O)O. The lowest BCUT2D eigenvalue weighted by Crippen LogP contribution is -2.69. The van der Waals surface area contributed by atoms with Crippen LogP contribution in [0.25, 0.3) is 0 Å². The monoisotopic (exact) mass is 418 g/mol. The van der Waals surface area contributed by atoms with Gasteiger partial charge in [0.05, 0.1) is 0 Å². The predicted molar refractivity (Wildman–Crippen MR) is 56.8 cm³/mol. The van der Waals surface area contributed by atoms with Gasteiger partial charge in [-0.3, -0.25) is 0 Å². The van der Waals surface area contributed by atoms with Crippen molar-refractivity contribution in [2.75, 3.05) is 0 Å². The molecule has 0 atom stereocenters. The zero-order valence-electron chi connectivity index (χ0n) is 12.1. The lowest BCUT2D eigenvalue weighted by atomic mass is 9.92. The van der Waals surface area contributed by atoms with E-state index in [4.69, 9.17) is 5.11 Å². The van der Waals surface area contributed by atoms with Crippen molar-refractivity contribution in [2.45, 2.75) is 49.1 Å². The van der Waals surface area contributed by atoms with Crippen LogP contribution in [0.15, 0.2) is 11.6 Å². The Bertz CT molecular complexity index is 573. The number of allylic oxidation sites excluding steroid dienone is 1. The Hall–Kier alpha value is -1.70. The molecule has 0 amide bonds. The van der Waals surface area contributed by atoms with E-state index in [-0.39, 0.29) is 0 Å². The van der Waals surface area contributed by atoms with Crippen LogP contribution in [0.3, 0.4) is 0 Å². The quantitative estimate of drug-likeness (QED) is 0.459. The summed E-state index contributed by atoms with van der Waals surface area (Å²) in [6.45, 7) is 0.735. The van der Waals surface area contributed by atoms with Crippen molar-refractivity contribution in [1.82, 2.24) is 0 Å². The maximum Gasteiger partial charge on any atom is 0.460 e. The minimum Gasteiger partial charge on any atom is -0.478 e. The lowest BCUT2D eigenvalue weighted by Gasteiger charge is -2.39. The first-order valence-electron chi connectivity index (χ1n) is 6.02. The Morgan fingerprint density at radius 1 is 0.731 bits per heavy atom. The summed E-state index contributed by atoms with van der Waals surface area (Å²) >= 11 is 0. The molecule has 0 aliphatic heterocycles. The highest BCUT2D eigenvalue weighted by atomic mass is 19.4. The minimum absolute atomic E-state index is 0.735. The third kappa shape index (κ3) is 3.43. The molecule has 0 aliphatic rings. The number of carboxylic acid groups (broad SMARTS) is 1. The number of hydrogen-bond acceptors (Lipinski definition) is 1. The summed E-state index contributed by atoms with van der Waals surface area (Å²) in [5.41, 5.74) is -1.71. The van der Waals surface area contributed by atoms with Gasteiger partial charge >= 0.3 is 41.8 Å². The molecule has 15 heteroatoms. The third-order valence-corrected chi connectivity index (χ3v) is 2.97. The second kappa shape index (κ2) is 6.48. The first-order chi connectivity index (χ1) is 11.1. The first-order valence-corrected chi connectivity index (χ1v) is 6.02. The number of halogens is 13. The van der Waals surface area contributed by atoms with E-state index in [9.17, 15) is 61.9 Å². The van der Waals surface area contributed by atoms with E-state index >= 15 is 0 Å². The van der Waals surface area contributed by atoms with E-state index in [1.54, 1.807) is 0 Å². The summed E-state index contributed by atoms with van der Waals surface area (Å²) in [7, 11) is 0. The molecule has 0 aromatic rings. The molecule has 154 valence electrons. The van der Waals surface area contributed by atoms with Crippen molar-refractivity contribution in [2.24, 2.45) is 0 Å². The number of alkyl halides is 13. The van der Waals surface area contributed by atoms with Crippen molar-refractivity contribution in [1.29, 1.82) is 0 Å². The van der Waals surface area contributed by atoms with Crippen LogP contribution in [0.1, 0.15) is 13.3 Å². The molecule has 26 heavy (non-hydrogen) atoms. The standard InChI is InChI=1S/C11H7F13O2/c1-2-4(5(25)26)3-6(12,13)7(14,15)8(16,17)9(18,19)10(20,21)11(22,23)24/h3H,2H2,1H3,(H,25,26). The van der Waals surface area contributed by atoms with Crippen LogP contribution in [0.4, 0.5) is 57.1 Å². The fraction of sp³-hybridized carbons (Fsp3) is 0.727. The molecule has 0 rings (SSSR count). The molecule has 2 nitrogen and oxygen atoms in total. The molecule has 0 aromatic carbocycles.